The largest absolute Gasteiger partial charge is 0.397 e. The van der Waals surface area contributed by atoms with Crippen molar-refractivity contribution in [1.82, 2.24) is 4.98 Å². The molecular formula is C15H11FN4S. The highest BCUT2D eigenvalue weighted by molar-refractivity contribution is 7.18. The monoisotopic (exact) mass is 298 g/mol. The summed E-state index contributed by atoms with van der Waals surface area (Å²) in [6.45, 7) is 1.94. The fraction of sp³-hybridized carbons (Fsp3) is 0.0667. The number of hydrogen-bond acceptors (Lipinski definition) is 5. The summed E-state index contributed by atoms with van der Waals surface area (Å²) in [5, 5.41) is 12.9. The molecule has 1 aromatic heterocycles. The fourth-order valence-electron chi connectivity index (χ4n) is 2.06. The average molecular weight is 298 g/mol. The number of aromatic nitrogens is 1. The van der Waals surface area contributed by atoms with E-state index in [0.29, 0.717) is 17.1 Å². The Kier molecular flexibility index (Phi) is 3.20. The highest BCUT2D eigenvalue weighted by Gasteiger charge is 2.08. The van der Waals surface area contributed by atoms with Crippen LogP contribution in [0.3, 0.4) is 0 Å². The highest BCUT2D eigenvalue weighted by atomic mass is 32.1. The number of fused-ring (bicyclic) bond motifs is 1. The Morgan fingerprint density at radius 1 is 1.33 bits per heavy atom. The minimum absolute atomic E-state index is 0.0100. The number of hydrogen-bond donors (Lipinski definition) is 2. The van der Waals surface area contributed by atoms with Gasteiger partial charge in [-0.25, -0.2) is 9.37 Å². The first-order chi connectivity index (χ1) is 10.1. The Morgan fingerprint density at radius 3 is 2.90 bits per heavy atom. The van der Waals surface area contributed by atoms with Crippen LogP contribution in [0.15, 0.2) is 30.3 Å². The quantitative estimate of drug-likeness (QED) is 0.703. The number of nitrogens with zero attached hydrogens (tertiary/aromatic N) is 2. The number of anilines is 3. The molecule has 0 amide bonds. The number of halogens is 1. The number of benzene rings is 2. The first-order valence-electron chi connectivity index (χ1n) is 6.20. The van der Waals surface area contributed by atoms with Crippen molar-refractivity contribution < 1.29 is 4.39 Å². The molecule has 104 valence electrons. The van der Waals surface area contributed by atoms with Gasteiger partial charge in [0.05, 0.1) is 32.2 Å². The van der Waals surface area contributed by atoms with E-state index in [1.165, 1.54) is 12.1 Å². The predicted octanol–water partition coefficient (Wildman–Crippen LogP) is 3.94. The highest BCUT2D eigenvalue weighted by Crippen LogP contribution is 2.31. The zero-order chi connectivity index (χ0) is 15.0. The van der Waals surface area contributed by atoms with Crippen molar-refractivity contribution in [3.8, 4) is 6.07 Å². The second kappa shape index (κ2) is 5.04. The summed E-state index contributed by atoms with van der Waals surface area (Å²) in [5.74, 6) is -0.540. The molecule has 0 bridgehead atoms. The third kappa shape index (κ3) is 2.51. The van der Waals surface area contributed by atoms with Crippen molar-refractivity contribution in [2.75, 3.05) is 11.1 Å². The van der Waals surface area contributed by atoms with E-state index >= 15 is 0 Å². The van der Waals surface area contributed by atoms with Crippen molar-refractivity contribution in [3.05, 3.63) is 46.7 Å². The molecule has 2 aromatic carbocycles. The van der Waals surface area contributed by atoms with Gasteiger partial charge in [0.2, 0.25) is 0 Å². The van der Waals surface area contributed by atoms with Crippen molar-refractivity contribution >= 4 is 38.6 Å². The molecule has 0 saturated carbocycles. The molecule has 0 aliphatic heterocycles. The van der Waals surface area contributed by atoms with Crippen LogP contribution in [0.25, 0.3) is 10.2 Å². The minimum Gasteiger partial charge on any atom is -0.397 e. The number of aryl methyl sites for hydroxylation is 1. The van der Waals surface area contributed by atoms with E-state index in [4.69, 9.17) is 11.0 Å². The molecular weight excluding hydrogens is 287 g/mol. The molecule has 0 unspecified atom stereocenters. The summed E-state index contributed by atoms with van der Waals surface area (Å²) in [6.07, 6.45) is 0. The van der Waals surface area contributed by atoms with Gasteiger partial charge in [-0.3, -0.25) is 0 Å². The van der Waals surface area contributed by atoms with Crippen LogP contribution < -0.4 is 11.1 Å². The van der Waals surface area contributed by atoms with Gasteiger partial charge in [0.25, 0.3) is 0 Å². The molecule has 0 saturated heterocycles. The summed E-state index contributed by atoms with van der Waals surface area (Å²) in [7, 11) is 0. The van der Waals surface area contributed by atoms with Crippen LogP contribution in [0.4, 0.5) is 21.5 Å². The van der Waals surface area contributed by atoms with Crippen LogP contribution in [0, 0.1) is 24.1 Å². The zero-order valence-corrected chi connectivity index (χ0v) is 12.0. The smallest absolute Gasteiger partial charge is 0.141 e. The predicted molar refractivity (Wildman–Crippen MR) is 83.2 cm³/mol. The summed E-state index contributed by atoms with van der Waals surface area (Å²) >= 11 is 1.58. The molecule has 1 heterocycles. The molecule has 0 aliphatic rings. The topological polar surface area (TPSA) is 74.7 Å². The van der Waals surface area contributed by atoms with Gasteiger partial charge in [0, 0.05) is 5.69 Å². The Morgan fingerprint density at radius 2 is 2.14 bits per heavy atom. The molecule has 0 spiro atoms. The minimum atomic E-state index is -0.540. The van der Waals surface area contributed by atoms with Gasteiger partial charge in [0.15, 0.2) is 0 Å². The van der Waals surface area contributed by atoms with Crippen LogP contribution in [-0.2, 0) is 0 Å². The summed E-state index contributed by atoms with van der Waals surface area (Å²) in [6, 6.07) is 9.78. The van der Waals surface area contributed by atoms with Crippen molar-refractivity contribution in [2.24, 2.45) is 0 Å². The van der Waals surface area contributed by atoms with Gasteiger partial charge in [-0.15, -0.1) is 11.3 Å². The van der Waals surface area contributed by atoms with Gasteiger partial charge >= 0.3 is 0 Å². The maximum atomic E-state index is 13.3. The lowest BCUT2D eigenvalue weighted by atomic mass is 10.2. The van der Waals surface area contributed by atoms with Gasteiger partial charge in [-0.05, 0) is 37.3 Å². The lowest BCUT2D eigenvalue weighted by Gasteiger charge is -2.10. The van der Waals surface area contributed by atoms with E-state index in [-0.39, 0.29) is 5.56 Å². The molecule has 3 N–H and O–H groups in total. The summed E-state index contributed by atoms with van der Waals surface area (Å²) in [5.41, 5.74) is 8.73. The Bertz CT molecular complexity index is 879. The Hall–Kier alpha value is -2.65. The van der Waals surface area contributed by atoms with E-state index in [9.17, 15) is 4.39 Å². The summed E-state index contributed by atoms with van der Waals surface area (Å²) < 4.78 is 14.3. The van der Waals surface area contributed by atoms with E-state index in [0.717, 1.165) is 15.2 Å². The SMILES string of the molecule is Cc1nc2cc(Nc3ccc(F)c(C#N)c3)c(N)cc2s1. The van der Waals surface area contributed by atoms with E-state index in [2.05, 4.69) is 10.3 Å². The van der Waals surface area contributed by atoms with E-state index in [1.807, 2.05) is 25.1 Å². The summed E-state index contributed by atoms with van der Waals surface area (Å²) in [4.78, 5) is 4.42. The van der Waals surface area contributed by atoms with E-state index < -0.39 is 5.82 Å². The molecule has 3 aromatic rings. The van der Waals surface area contributed by atoms with Crippen LogP contribution in [0.5, 0.6) is 0 Å². The first-order valence-corrected chi connectivity index (χ1v) is 7.02. The standard InChI is InChI=1S/C15H11FN4S/c1-8-19-14-6-13(12(18)5-15(14)21-8)20-10-2-3-11(16)9(4-10)7-17/h2-6,20H,18H2,1H3. The molecule has 0 radical (unpaired) electrons. The Labute approximate surface area is 124 Å². The van der Waals surface area contributed by atoms with Crippen molar-refractivity contribution in [1.29, 1.82) is 5.26 Å². The number of nitrogens with one attached hydrogen (secondary N) is 1. The number of nitrogens with two attached hydrogens (primary N) is 1. The fourth-order valence-corrected chi connectivity index (χ4v) is 2.91. The number of nitriles is 1. The van der Waals surface area contributed by atoms with Gasteiger partial charge < -0.3 is 11.1 Å². The molecule has 21 heavy (non-hydrogen) atoms. The van der Waals surface area contributed by atoms with Crippen LogP contribution in [-0.4, -0.2) is 4.98 Å². The van der Waals surface area contributed by atoms with Crippen LogP contribution >= 0.6 is 11.3 Å². The number of rotatable bonds is 2. The molecule has 3 rings (SSSR count). The van der Waals surface area contributed by atoms with Gasteiger partial charge in [-0.2, -0.15) is 5.26 Å². The molecule has 0 aliphatic carbocycles. The molecule has 0 fully saturated rings. The van der Waals surface area contributed by atoms with Crippen LogP contribution in [0.1, 0.15) is 10.6 Å². The van der Waals surface area contributed by atoms with Crippen molar-refractivity contribution in [2.45, 2.75) is 6.92 Å². The maximum absolute atomic E-state index is 13.3. The maximum Gasteiger partial charge on any atom is 0.141 e. The third-order valence-corrected chi connectivity index (χ3v) is 3.97. The van der Waals surface area contributed by atoms with Gasteiger partial charge in [0.1, 0.15) is 11.9 Å². The van der Waals surface area contributed by atoms with Crippen LogP contribution in [0.2, 0.25) is 0 Å². The molecule has 0 atom stereocenters. The second-order valence-corrected chi connectivity index (χ2v) is 5.81. The third-order valence-electron chi connectivity index (χ3n) is 3.03. The first kappa shape index (κ1) is 13.3. The molecule has 6 heteroatoms. The second-order valence-electron chi connectivity index (χ2n) is 4.57. The van der Waals surface area contributed by atoms with E-state index in [1.54, 1.807) is 17.4 Å². The average Bonchev–Trinajstić information content (AvgIpc) is 2.80. The lowest BCUT2D eigenvalue weighted by molar-refractivity contribution is 0.624. The Balaban J connectivity index is 2.01. The zero-order valence-electron chi connectivity index (χ0n) is 11.1. The van der Waals surface area contributed by atoms with Gasteiger partial charge in [-0.1, -0.05) is 0 Å². The normalized spacial score (nSPS) is 10.5. The lowest BCUT2D eigenvalue weighted by Crippen LogP contribution is -1.97. The molecule has 4 nitrogen and oxygen atoms in total. The van der Waals surface area contributed by atoms with Crippen molar-refractivity contribution in [3.63, 3.8) is 0 Å². The number of thiazole rings is 1. The number of nitrogen functional groups attached to an aromatic ring is 1.